The molecule has 1 saturated heterocycles. The van der Waals surface area contributed by atoms with Gasteiger partial charge in [0.05, 0.1) is 0 Å². The fourth-order valence-electron chi connectivity index (χ4n) is 2.26. The number of hydrogen-bond acceptors (Lipinski definition) is 3. The van der Waals surface area contributed by atoms with Crippen LogP contribution < -0.4 is 10.1 Å². The van der Waals surface area contributed by atoms with Gasteiger partial charge in [-0.25, -0.2) is 0 Å². The molecule has 106 valence electrons. The van der Waals surface area contributed by atoms with Gasteiger partial charge >= 0.3 is 6.61 Å². The minimum atomic E-state index is -2.76. The average molecular weight is 270 g/mol. The van der Waals surface area contributed by atoms with Crippen LogP contribution in [-0.4, -0.2) is 37.7 Å². The van der Waals surface area contributed by atoms with Gasteiger partial charge in [-0.15, -0.1) is 0 Å². The first-order valence-corrected chi connectivity index (χ1v) is 6.71. The molecule has 0 saturated carbocycles. The van der Waals surface area contributed by atoms with Crippen LogP contribution in [0.1, 0.15) is 18.4 Å². The summed E-state index contributed by atoms with van der Waals surface area (Å²) in [5, 5.41) is 3.36. The third kappa shape index (κ3) is 5.12. The van der Waals surface area contributed by atoms with Gasteiger partial charge in [0.1, 0.15) is 5.75 Å². The normalized spacial score (nSPS) is 16.2. The van der Waals surface area contributed by atoms with Crippen LogP contribution in [0.15, 0.2) is 24.3 Å². The largest absolute Gasteiger partial charge is 0.435 e. The van der Waals surface area contributed by atoms with Gasteiger partial charge in [-0.1, -0.05) is 12.1 Å². The van der Waals surface area contributed by atoms with Crippen molar-refractivity contribution in [3.63, 3.8) is 0 Å². The minimum absolute atomic E-state index is 0.204. The first-order valence-electron chi connectivity index (χ1n) is 6.71. The van der Waals surface area contributed by atoms with Crippen molar-refractivity contribution >= 4 is 0 Å². The number of ether oxygens (including phenoxy) is 1. The number of alkyl halides is 2. The molecule has 1 aliphatic rings. The van der Waals surface area contributed by atoms with Gasteiger partial charge in [0.15, 0.2) is 0 Å². The zero-order valence-electron chi connectivity index (χ0n) is 10.9. The Morgan fingerprint density at radius 2 is 1.84 bits per heavy atom. The van der Waals surface area contributed by atoms with Crippen molar-refractivity contribution in [1.29, 1.82) is 0 Å². The summed E-state index contributed by atoms with van der Waals surface area (Å²) >= 11 is 0. The number of rotatable bonds is 7. The van der Waals surface area contributed by atoms with Crippen LogP contribution in [0.5, 0.6) is 5.75 Å². The summed E-state index contributed by atoms with van der Waals surface area (Å²) < 4.78 is 28.3. The second-order valence-corrected chi connectivity index (χ2v) is 4.75. The minimum Gasteiger partial charge on any atom is -0.435 e. The van der Waals surface area contributed by atoms with Crippen molar-refractivity contribution in [2.75, 3.05) is 26.2 Å². The van der Waals surface area contributed by atoms with Crippen LogP contribution in [0.4, 0.5) is 8.78 Å². The summed E-state index contributed by atoms with van der Waals surface area (Å²) in [6.45, 7) is 2.44. The third-order valence-corrected chi connectivity index (χ3v) is 3.28. The number of nitrogens with zero attached hydrogens (tertiary/aromatic N) is 1. The molecule has 1 aliphatic heterocycles. The van der Waals surface area contributed by atoms with Gasteiger partial charge in [-0.3, -0.25) is 0 Å². The lowest BCUT2D eigenvalue weighted by Gasteiger charge is -2.14. The van der Waals surface area contributed by atoms with Crippen LogP contribution in [0.25, 0.3) is 0 Å². The Balaban J connectivity index is 1.65. The van der Waals surface area contributed by atoms with Gasteiger partial charge in [0, 0.05) is 19.6 Å². The Labute approximate surface area is 112 Å². The van der Waals surface area contributed by atoms with Crippen molar-refractivity contribution in [3.05, 3.63) is 29.8 Å². The molecule has 0 amide bonds. The molecule has 2 rings (SSSR count). The Hall–Kier alpha value is -1.20. The van der Waals surface area contributed by atoms with E-state index in [9.17, 15) is 8.78 Å². The summed E-state index contributed by atoms with van der Waals surface area (Å²) in [6.07, 6.45) is 2.62. The van der Waals surface area contributed by atoms with Crippen LogP contribution >= 0.6 is 0 Å². The maximum atomic E-state index is 12.0. The lowest BCUT2D eigenvalue weighted by atomic mass is 10.2. The molecule has 0 radical (unpaired) electrons. The summed E-state index contributed by atoms with van der Waals surface area (Å²) in [6, 6.07) is 6.76. The van der Waals surface area contributed by atoms with Crippen LogP contribution in [0.2, 0.25) is 0 Å². The fraction of sp³-hybridized carbons (Fsp3) is 0.571. The first-order chi connectivity index (χ1) is 9.24. The Morgan fingerprint density at radius 1 is 1.16 bits per heavy atom. The van der Waals surface area contributed by atoms with E-state index < -0.39 is 6.61 Å². The second kappa shape index (κ2) is 7.40. The topological polar surface area (TPSA) is 24.5 Å². The molecule has 0 bridgehead atoms. The van der Waals surface area contributed by atoms with Crippen molar-refractivity contribution in [2.24, 2.45) is 0 Å². The highest BCUT2D eigenvalue weighted by Gasteiger charge is 2.10. The maximum absolute atomic E-state index is 12.0. The number of nitrogens with one attached hydrogen (secondary N) is 1. The van der Waals surface area contributed by atoms with E-state index in [4.69, 9.17) is 0 Å². The summed E-state index contributed by atoms with van der Waals surface area (Å²) in [4.78, 5) is 2.45. The highest BCUT2D eigenvalue weighted by molar-refractivity contribution is 5.27. The number of hydrogen-bond donors (Lipinski definition) is 1. The molecule has 0 aliphatic carbocycles. The highest BCUT2D eigenvalue weighted by atomic mass is 19.3. The number of benzene rings is 1. The van der Waals surface area contributed by atoms with Gasteiger partial charge in [-0.2, -0.15) is 8.78 Å². The van der Waals surface area contributed by atoms with E-state index in [2.05, 4.69) is 15.0 Å². The summed E-state index contributed by atoms with van der Waals surface area (Å²) in [5.41, 5.74) is 1.07. The lowest BCUT2D eigenvalue weighted by Crippen LogP contribution is -2.29. The SMILES string of the molecule is FC(F)Oc1ccc(CNCCN2CCCC2)cc1. The monoisotopic (exact) mass is 270 g/mol. The molecule has 0 atom stereocenters. The first kappa shape index (κ1) is 14.2. The molecular weight excluding hydrogens is 250 g/mol. The predicted octanol–water partition coefficient (Wildman–Crippen LogP) is 2.47. The van der Waals surface area contributed by atoms with E-state index >= 15 is 0 Å². The highest BCUT2D eigenvalue weighted by Crippen LogP contribution is 2.14. The van der Waals surface area contributed by atoms with Crippen LogP contribution in [0.3, 0.4) is 0 Å². The molecule has 0 spiro atoms. The predicted molar refractivity (Wildman–Crippen MR) is 70.5 cm³/mol. The van der Waals surface area contributed by atoms with Gasteiger partial charge < -0.3 is 15.0 Å². The Bertz CT molecular complexity index is 364. The molecule has 1 fully saturated rings. The van der Waals surface area contributed by atoms with Gasteiger partial charge in [0.2, 0.25) is 0 Å². The molecule has 1 heterocycles. The lowest BCUT2D eigenvalue weighted by molar-refractivity contribution is -0.0498. The molecule has 19 heavy (non-hydrogen) atoms. The molecule has 5 heteroatoms. The average Bonchev–Trinajstić information content (AvgIpc) is 2.89. The molecule has 1 aromatic carbocycles. The Kier molecular flexibility index (Phi) is 5.54. The zero-order chi connectivity index (χ0) is 13.5. The van der Waals surface area contributed by atoms with E-state index in [0.717, 1.165) is 25.2 Å². The number of halogens is 2. The number of likely N-dealkylation sites (tertiary alicyclic amines) is 1. The van der Waals surface area contributed by atoms with Gasteiger partial charge in [0.25, 0.3) is 0 Å². The molecule has 1 N–H and O–H groups in total. The maximum Gasteiger partial charge on any atom is 0.387 e. The molecule has 1 aromatic rings. The summed E-state index contributed by atoms with van der Waals surface area (Å²) in [7, 11) is 0. The van der Waals surface area contributed by atoms with Gasteiger partial charge in [-0.05, 0) is 43.6 Å². The van der Waals surface area contributed by atoms with Crippen molar-refractivity contribution in [2.45, 2.75) is 26.0 Å². The van der Waals surface area contributed by atoms with Crippen molar-refractivity contribution in [1.82, 2.24) is 10.2 Å². The Morgan fingerprint density at radius 3 is 2.47 bits per heavy atom. The van der Waals surface area contributed by atoms with Crippen LogP contribution in [0, 0.1) is 0 Å². The standard InChI is InChI=1S/C14H20F2N2O/c15-14(16)19-13-5-3-12(4-6-13)11-17-7-10-18-8-1-2-9-18/h3-6,14,17H,1-2,7-11H2. The fourth-order valence-corrected chi connectivity index (χ4v) is 2.26. The van der Waals surface area contributed by atoms with E-state index in [1.807, 2.05) is 0 Å². The van der Waals surface area contributed by atoms with E-state index in [-0.39, 0.29) is 5.75 Å². The molecule has 0 aromatic heterocycles. The summed E-state index contributed by atoms with van der Waals surface area (Å²) in [5.74, 6) is 0.204. The molecule has 0 unspecified atom stereocenters. The third-order valence-electron chi connectivity index (χ3n) is 3.28. The quantitative estimate of drug-likeness (QED) is 0.770. The van der Waals surface area contributed by atoms with Crippen molar-refractivity contribution < 1.29 is 13.5 Å². The smallest absolute Gasteiger partial charge is 0.387 e. The van der Waals surface area contributed by atoms with Crippen LogP contribution in [-0.2, 0) is 6.54 Å². The van der Waals surface area contributed by atoms with E-state index in [0.29, 0.717) is 0 Å². The molecular formula is C14H20F2N2O. The zero-order valence-corrected chi connectivity index (χ0v) is 10.9. The molecule has 3 nitrogen and oxygen atoms in total. The van der Waals surface area contributed by atoms with E-state index in [1.165, 1.54) is 25.9 Å². The van der Waals surface area contributed by atoms with Crippen molar-refractivity contribution in [3.8, 4) is 5.75 Å². The van der Waals surface area contributed by atoms with E-state index in [1.54, 1.807) is 24.3 Å². The second-order valence-electron chi connectivity index (χ2n) is 4.75.